The van der Waals surface area contributed by atoms with Gasteiger partial charge in [0.15, 0.2) is 0 Å². The lowest BCUT2D eigenvalue weighted by Crippen LogP contribution is -2.41. The van der Waals surface area contributed by atoms with Crippen LogP contribution in [-0.4, -0.2) is 33.5 Å². The Labute approximate surface area is 104 Å². The van der Waals surface area contributed by atoms with E-state index < -0.39 is 8.22 Å². The van der Waals surface area contributed by atoms with Crippen molar-refractivity contribution in [1.82, 2.24) is 9.34 Å². The van der Waals surface area contributed by atoms with Crippen LogP contribution in [0.4, 0.5) is 0 Å². The van der Waals surface area contributed by atoms with Gasteiger partial charge in [0, 0.05) is 39.1 Å². The Morgan fingerprint density at radius 2 is 0.812 bits per heavy atom. The Bertz CT molecular complexity index is 154. The van der Waals surface area contributed by atoms with Crippen molar-refractivity contribution in [2.75, 3.05) is 0 Å². The van der Waals surface area contributed by atoms with E-state index in [9.17, 15) is 0 Å². The fourth-order valence-corrected chi connectivity index (χ4v) is 4.39. The van der Waals surface area contributed by atoms with Crippen LogP contribution >= 0.6 is 8.22 Å². The van der Waals surface area contributed by atoms with E-state index in [1.54, 1.807) is 0 Å². The van der Waals surface area contributed by atoms with Gasteiger partial charge in [0.05, 0.1) is 0 Å². The van der Waals surface area contributed by atoms with Crippen molar-refractivity contribution in [2.24, 2.45) is 0 Å². The van der Waals surface area contributed by atoms with Gasteiger partial charge in [0.25, 0.3) is 0 Å². The van der Waals surface area contributed by atoms with Crippen molar-refractivity contribution >= 4 is 8.22 Å². The molecule has 0 aromatic carbocycles. The second kappa shape index (κ2) is 6.93. The quantitative estimate of drug-likeness (QED) is 0.646. The second-order valence-electron chi connectivity index (χ2n) is 5.46. The summed E-state index contributed by atoms with van der Waals surface area (Å²) in [5.74, 6) is 0. The molecule has 0 aliphatic carbocycles. The van der Waals surface area contributed by atoms with Crippen molar-refractivity contribution in [3.05, 3.63) is 6.66 Å². The third-order valence-electron chi connectivity index (χ3n) is 2.59. The molecular weight excluding hydrogens is 215 g/mol. The highest BCUT2D eigenvalue weighted by atomic mass is 31.1. The molecule has 0 bridgehead atoms. The summed E-state index contributed by atoms with van der Waals surface area (Å²) in [6.45, 7) is 24.3. The largest absolute Gasteiger partial charge is 0.265 e. The smallest absolute Gasteiger partial charge is 0.0452 e. The van der Waals surface area contributed by atoms with E-state index in [1.165, 1.54) is 0 Å². The molecule has 0 aromatic rings. The topological polar surface area (TPSA) is 6.48 Å². The maximum Gasteiger partial charge on any atom is 0.0452 e. The molecule has 0 fully saturated rings. The first-order valence-electron chi connectivity index (χ1n) is 6.31. The fourth-order valence-electron chi connectivity index (χ4n) is 2.26. The third-order valence-corrected chi connectivity index (χ3v) is 5.38. The lowest BCUT2D eigenvalue weighted by Gasteiger charge is -2.45. The molecular formula is C13H29N2P. The molecule has 0 aromatic heterocycles. The van der Waals surface area contributed by atoms with Crippen molar-refractivity contribution in [3.63, 3.8) is 0 Å². The zero-order chi connectivity index (χ0) is 13.0. The average Bonchev–Trinajstić information content (AvgIpc) is 1.99. The molecule has 3 heteroatoms. The summed E-state index contributed by atoms with van der Waals surface area (Å²) in [5, 5.41) is 0. The number of rotatable bonds is 6. The fraction of sp³-hybridized carbons (Fsp3) is 0.923. The molecule has 0 unspecified atom stereocenters. The molecule has 16 heavy (non-hydrogen) atoms. The van der Waals surface area contributed by atoms with Crippen LogP contribution in [0.5, 0.6) is 0 Å². The first-order chi connectivity index (χ1) is 7.20. The highest BCUT2D eigenvalue weighted by Crippen LogP contribution is 2.48. The maximum absolute atomic E-state index is 6.48. The predicted octanol–water partition coefficient (Wildman–Crippen LogP) is 4.20. The average molecular weight is 244 g/mol. The van der Waals surface area contributed by atoms with E-state index in [4.69, 9.17) is 6.66 Å². The highest BCUT2D eigenvalue weighted by molar-refractivity contribution is 7.54. The lowest BCUT2D eigenvalue weighted by atomic mass is 10.3. The first-order valence-corrected chi connectivity index (χ1v) is 7.63. The zero-order valence-electron chi connectivity index (χ0n) is 12.2. The molecule has 0 N–H and O–H groups in total. The molecule has 0 atom stereocenters. The minimum atomic E-state index is -0.699. The van der Waals surface area contributed by atoms with Gasteiger partial charge >= 0.3 is 0 Å². The molecule has 0 rings (SSSR count). The molecule has 0 saturated carbocycles. The zero-order valence-corrected chi connectivity index (χ0v) is 13.1. The Balaban J connectivity index is 4.88. The molecule has 0 amide bonds. The van der Waals surface area contributed by atoms with Crippen LogP contribution in [0.15, 0.2) is 0 Å². The van der Waals surface area contributed by atoms with Crippen LogP contribution in [0.25, 0.3) is 0 Å². The Hall–Kier alpha value is 0.350. The Kier molecular flexibility index (Phi) is 7.09. The SMILES string of the molecule is [CH]P(N(C(C)C)C(C)C)N(C(C)C)C(C)C. The van der Waals surface area contributed by atoms with E-state index in [0.29, 0.717) is 24.2 Å². The monoisotopic (exact) mass is 244 g/mol. The number of nitrogens with zero attached hydrogens (tertiary/aromatic N) is 2. The third kappa shape index (κ3) is 4.31. The summed E-state index contributed by atoms with van der Waals surface area (Å²) in [7, 11) is -0.699. The van der Waals surface area contributed by atoms with Crippen LogP contribution < -0.4 is 0 Å². The predicted molar refractivity (Wildman–Crippen MR) is 75.4 cm³/mol. The van der Waals surface area contributed by atoms with Gasteiger partial charge in [0.1, 0.15) is 0 Å². The minimum absolute atomic E-state index is 0.496. The second-order valence-corrected chi connectivity index (χ2v) is 7.02. The molecule has 2 nitrogen and oxygen atoms in total. The molecule has 0 aliphatic rings. The summed E-state index contributed by atoms with van der Waals surface area (Å²) in [5.41, 5.74) is 0. The van der Waals surface area contributed by atoms with Crippen LogP contribution in [-0.2, 0) is 0 Å². The van der Waals surface area contributed by atoms with Gasteiger partial charge in [-0.05, 0) is 55.4 Å². The molecule has 0 aliphatic heterocycles. The standard InChI is InChI=1S/C13H29N2P/c1-10(2)14(11(3)4)16(9)15(12(5)6)13(7)8/h9-13H,1-8H3. The summed E-state index contributed by atoms with van der Waals surface area (Å²) < 4.78 is 4.85. The van der Waals surface area contributed by atoms with Crippen LogP contribution in [0.2, 0.25) is 0 Å². The maximum atomic E-state index is 6.48. The molecule has 0 spiro atoms. The van der Waals surface area contributed by atoms with Gasteiger partial charge in [-0.1, -0.05) is 0 Å². The summed E-state index contributed by atoms with van der Waals surface area (Å²) in [6, 6.07) is 1.99. The van der Waals surface area contributed by atoms with E-state index >= 15 is 0 Å². The Morgan fingerprint density at radius 1 is 0.625 bits per heavy atom. The Morgan fingerprint density at radius 3 is 0.938 bits per heavy atom. The van der Waals surface area contributed by atoms with Gasteiger partial charge in [0.2, 0.25) is 0 Å². The van der Waals surface area contributed by atoms with E-state index in [0.717, 1.165) is 0 Å². The minimum Gasteiger partial charge on any atom is -0.265 e. The van der Waals surface area contributed by atoms with Crippen molar-refractivity contribution < 1.29 is 0 Å². The van der Waals surface area contributed by atoms with Gasteiger partial charge < -0.3 is 0 Å². The van der Waals surface area contributed by atoms with Crippen LogP contribution in [0.3, 0.4) is 0 Å². The molecule has 0 saturated heterocycles. The molecule has 96 valence electrons. The summed E-state index contributed by atoms with van der Waals surface area (Å²) in [6.07, 6.45) is 0. The van der Waals surface area contributed by atoms with E-state index in [-0.39, 0.29) is 0 Å². The lowest BCUT2D eigenvalue weighted by molar-refractivity contribution is 0.260. The van der Waals surface area contributed by atoms with E-state index in [1.807, 2.05) is 0 Å². The molecule has 2 radical (unpaired) electrons. The van der Waals surface area contributed by atoms with Crippen LogP contribution in [0.1, 0.15) is 55.4 Å². The van der Waals surface area contributed by atoms with E-state index in [2.05, 4.69) is 64.7 Å². The van der Waals surface area contributed by atoms with Gasteiger partial charge in [-0.3, -0.25) is 9.34 Å². The van der Waals surface area contributed by atoms with Crippen molar-refractivity contribution in [3.8, 4) is 0 Å². The highest BCUT2D eigenvalue weighted by Gasteiger charge is 2.29. The van der Waals surface area contributed by atoms with Gasteiger partial charge in [-0.25, -0.2) is 0 Å². The molecule has 0 heterocycles. The van der Waals surface area contributed by atoms with Crippen molar-refractivity contribution in [1.29, 1.82) is 0 Å². The van der Waals surface area contributed by atoms with Crippen molar-refractivity contribution in [2.45, 2.75) is 79.6 Å². The summed E-state index contributed by atoms with van der Waals surface area (Å²) >= 11 is 0. The van der Waals surface area contributed by atoms with Gasteiger partial charge in [-0.15, -0.1) is 0 Å². The normalized spacial score (nSPS) is 13.5. The summed E-state index contributed by atoms with van der Waals surface area (Å²) in [4.78, 5) is 0. The number of hydrogen-bond acceptors (Lipinski definition) is 2. The van der Waals surface area contributed by atoms with Gasteiger partial charge in [-0.2, -0.15) is 0 Å². The number of hydrogen-bond donors (Lipinski definition) is 0. The first kappa shape index (κ1) is 16.4. The van der Waals surface area contributed by atoms with Crippen LogP contribution in [0, 0.1) is 6.66 Å².